The van der Waals surface area contributed by atoms with Crippen LogP contribution in [0.15, 0.2) is 24.3 Å². The minimum atomic E-state index is 0.617. The van der Waals surface area contributed by atoms with Gasteiger partial charge in [-0.1, -0.05) is 32.9 Å². The Labute approximate surface area is 123 Å². The highest BCUT2D eigenvalue weighted by Gasteiger charge is 1.98. The van der Waals surface area contributed by atoms with Gasteiger partial charge in [0.25, 0.3) is 0 Å². The summed E-state index contributed by atoms with van der Waals surface area (Å²) in [7, 11) is 0. The summed E-state index contributed by atoms with van der Waals surface area (Å²) >= 11 is 0. The lowest BCUT2D eigenvalue weighted by Gasteiger charge is -2.09. The number of nitrogens with one attached hydrogen (secondary N) is 1. The van der Waals surface area contributed by atoms with E-state index in [9.17, 15) is 0 Å². The fourth-order valence-corrected chi connectivity index (χ4v) is 1.93. The Morgan fingerprint density at radius 3 is 2.75 bits per heavy atom. The van der Waals surface area contributed by atoms with E-state index in [1.165, 1.54) is 12.0 Å². The summed E-state index contributed by atoms with van der Waals surface area (Å²) in [5.74, 6) is 1.68. The molecule has 0 aliphatic carbocycles. The van der Waals surface area contributed by atoms with Gasteiger partial charge in [-0.15, -0.1) is 0 Å². The smallest absolute Gasteiger partial charge is 0.119 e. The van der Waals surface area contributed by atoms with Crippen molar-refractivity contribution in [3.63, 3.8) is 0 Å². The van der Waals surface area contributed by atoms with Gasteiger partial charge in [-0.25, -0.2) is 0 Å². The van der Waals surface area contributed by atoms with E-state index in [1.54, 1.807) is 0 Å². The van der Waals surface area contributed by atoms with Crippen LogP contribution >= 0.6 is 0 Å². The van der Waals surface area contributed by atoms with Gasteiger partial charge < -0.3 is 14.8 Å². The van der Waals surface area contributed by atoms with Crippen molar-refractivity contribution in [2.75, 3.05) is 26.4 Å². The zero-order valence-corrected chi connectivity index (χ0v) is 13.2. The predicted molar refractivity (Wildman–Crippen MR) is 84.2 cm³/mol. The third kappa shape index (κ3) is 8.18. The number of rotatable bonds is 11. The zero-order chi connectivity index (χ0) is 14.6. The molecule has 0 atom stereocenters. The van der Waals surface area contributed by atoms with Crippen LogP contribution in [0.25, 0.3) is 0 Å². The molecule has 1 aromatic rings. The predicted octanol–water partition coefficient (Wildman–Crippen LogP) is 3.63. The molecule has 0 unspecified atom stereocenters. The van der Waals surface area contributed by atoms with Crippen LogP contribution in [0.3, 0.4) is 0 Å². The topological polar surface area (TPSA) is 30.5 Å². The lowest BCUT2D eigenvalue weighted by Crippen LogP contribution is -2.12. The number of hydrogen-bond acceptors (Lipinski definition) is 3. The normalized spacial score (nSPS) is 11.0. The molecule has 1 aromatic carbocycles. The molecule has 3 nitrogen and oxygen atoms in total. The largest absolute Gasteiger partial charge is 0.491 e. The van der Waals surface area contributed by atoms with Crippen LogP contribution < -0.4 is 10.1 Å². The Balaban J connectivity index is 2.12. The summed E-state index contributed by atoms with van der Waals surface area (Å²) in [4.78, 5) is 0. The quantitative estimate of drug-likeness (QED) is 0.627. The molecule has 20 heavy (non-hydrogen) atoms. The van der Waals surface area contributed by atoms with Crippen LogP contribution in [-0.2, 0) is 11.3 Å². The van der Waals surface area contributed by atoms with Gasteiger partial charge in [-0.05, 0) is 43.0 Å². The average Bonchev–Trinajstić information content (AvgIpc) is 2.44. The van der Waals surface area contributed by atoms with Gasteiger partial charge in [0.2, 0.25) is 0 Å². The first-order valence-electron chi connectivity index (χ1n) is 7.72. The van der Waals surface area contributed by atoms with Gasteiger partial charge in [0.15, 0.2) is 0 Å². The Bertz CT molecular complexity index is 353. The summed E-state index contributed by atoms with van der Waals surface area (Å²) < 4.78 is 11.3. The monoisotopic (exact) mass is 279 g/mol. The molecule has 3 heteroatoms. The lowest BCUT2D eigenvalue weighted by atomic mass is 10.1. The van der Waals surface area contributed by atoms with Crippen molar-refractivity contribution >= 4 is 0 Å². The molecule has 0 aromatic heterocycles. The summed E-state index contributed by atoms with van der Waals surface area (Å²) in [5, 5.41) is 3.31. The molecule has 0 fully saturated rings. The molecule has 1 N–H and O–H groups in total. The molecule has 0 aliphatic rings. The van der Waals surface area contributed by atoms with Crippen molar-refractivity contribution in [1.82, 2.24) is 5.32 Å². The van der Waals surface area contributed by atoms with Crippen LogP contribution in [0.1, 0.15) is 39.2 Å². The second kappa shape index (κ2) is 10.7. The van der Waals surface area contributed by atoms with Crippen LogP contribution in [-0.4, -0.2) is 26.4 Å². The highest BCUT2D eigenvalue weighted by Crippen LogP contribution is 2.13. The molecule has 0 amide bonds. The molecule has 0 radical (unpaired) electrons. The molecule has 0 spiro atoms. The fourth-order valence-electron chi connectivity index (χ4n) is 1.93. The summed E-state index contributed by atoms with van der Waals surface area (Å²) in [6.07, 6.45) is 2.36. The standard InChI is InChI=1S/C17H29NO2/c1-4-18-14-16-8-5-9-17(13-16)20-12-11-19-10-6-7-15(2)3/h5,8-9,13,15,18H,4,6-7,10-12,14H2,1-3H3. The third-order valence-corrected chi connectivity index (χ3v) is 3.04. The van der Waals surface area contributed by atoms with E-state index in [0.29, 0.717) is 13.2 Å². The maximum atomic E-state index is 5.70. The molecule has 114 valence electrons. The van der Waals surface area contributed by atoms with Gasteiger partial charge in [-0.2, -0.15) is 0 Å². The highest BCUT2D eigenvalue weighted by atomic mass is 16.5. The Hall–Kier alpha value is -1.06. The molecular formula is C17H29NO2. The van der Waals surface area contributed by atoms with Crippen LogP contribution in [0, 0.1) is 5.92 Å². The maximum absolute atomic E-state index is 5.70. The SMILES string of the molecule is CCNCc1cccc(OCCOCCCC(C)C)c1. The third-order valence-electron chi connectivity index (χ3n) is 3.04. The lowest BCUT2D eigenvalue weighted by molar-refractivity contribution is 0.0957. The van der Waals surface area contributed by atoms with E-state index in [4.69, 9.17) is 9.47 Å². The minimum absolute atomic E-state index is 0.617. The first kappa shape index (κ1) is 17.0. The van der Waals surface area contributed by atoms with E-state index >= 15 is 0 Å². The van der Waals surface area contributed by atoms with Gasteiger partial charge >= 0.3 is 0 Å². The first-order valence-corrected chi connectivity index (χ1v) is 7.72. The maximum Gasteiger partial charge on any atom is 0.119 e. The average molecular weight is 279 g/mol. The second-order valence-corrected chi connectivity index (χ2v) is 5.42. The van der Waals surface area contributed by atoms with E-state index in [2.05, 4.69) is 38.2 Å². The van der Waals surface area contributed by atoms with Gasteiger partial charge in [0, 0.05) is 13.2 Å². The number of hydrogen-bond donors (Lipinski definition) is 1. The molecule has 0 aliphatic heterocycles. The highest BCUT2D eigenvalue weighted by molar-refractivity contribution is 5.28. The summed E-state index contributed by atoms with van der Waals surface area (Å²) in [6.45, 7) is 10.6. The Morgan fingerprint density at radius 1 is 1.15 bits per heavy atom. The Kier molecular flexibility index (Phi) is 9.09. The van der Waals surface area contributed by atoms with E-state index in [-0.39, 0.29) is 0 Å². The van der Waals surface area contributed by atoms with E-state index in [1.807, 2.05) is 12.1 Å². The van der Waals surface area contributed by atoms with Crippen molar-refractivity contribution in [3.8, 4) is 5.75 Å². The van der Waals surface area contributed by atoms with Crippen molar-refractivity contribution in [2.45, 2.75) is 40.2 Å². The van der Waals surface area contributed by atoms with Crippen molar-refractivity contribution in [3.05, 3.63) is 29.8 Å². The van der Waals surface area contributed by atoms with E-state index in [0.717, 1.165) is 37.8 Å². The van der Waals surface area contributed by atoms with Gasteiger partial charge in [-0.3, -0.25) is 0 Å². The fraction of sp³-hybridized carbons (Fsp3) is 0.647. The molecule has 0 bridgehead atoms. The van der Waals surface area contributed by atoms with Gasteiger partial charge in [0.05, 0.1) is 6.61 Å². The second-order valence-electron chi connectivity index (χ2n) is 5.42. The molecule has 0 saturated carbocycles. The molecule has 0 heterocycles. The Morgan fingerprint density at radius 2 is 2.00 bits per heavy atom. The zero-order valence-electron chi connectivity index (χ0n) is 13.2. The van der Waals surface area contributed by atoms with Gasteiger partial charge in [0.1, 0.15) is 12.4 Å². The molecule has 1 rings (SSSR count). The van der Waals surface area contributed by atoms with Crippen LogP contribution in [0.4, 0.5) is 0 Å². The van der Waals surface area contributed by atoms with Crippen LogP contribution in [0.5, 0.6) is 5.75 Å². The first-order chi connectivity index (χ1) is 9.72. The van der Waals surface area contributed by atoms with Crippen molar-refractivity contribution in [1.29, 1.82) is 0 Å². The van der Waals surface area contributed by atoms with Crippen LogP contribution in [0.2, 0.25) is 0 Å². The van der Waals surface area contributed by atoms with Crippen molar-refractivity contribution < 1.29 is 9.47 Å². The van der Waals surface area contributed by atoms with Crippen molar-refractivity contribution in [2.24, 2.45) is 5.92 Å². The summed E-state index contributed by atoms with van der Waals surface area (Å²) in [5.41, 5.74) is 1.25. The number of benzene rings is 1. The van der Waals surface area contributed by atoms with E-state index < -0.39 is 0 Å². The minimum Gasteiger partial charge on any atom is -0.491 e. The summed E-state index contributed by atoms with van der Waals surface area (Å²) in [6, 6.07) is 8.22. The number of ether oxygens (including phenoxy) is 2. The molecular weight excluding hydrogens is 250 g/mol. The molecule has 0 saturated heterocycles.